The number of imidazole rings is 1. The van der Waals surface area contributed by atoms with Crippen molar-refractivity contribution in [3.8, 4) is 6.01 Å². The first-order valence-electron chi connectivity index (χ1n) is 9.16. The largest absolute Gasteiger partial charge is 0.461 e. The number of ether oxygens (including phenoxy) is 1. The van der Waals surface area contributed by atoms with Gasteiger partial charge in [0.2, 0.25) is 5.91 Å². The van der Waals surface area contributed by atoms with E-state index in [9.17, 15) is 4.79 Å². The predicted molar refractivity (Wildman–Crippen MR) is 95.4 cm³/mol. The molecule has 0 aromatic carbocycles. The van der Waals surface area contributed by atoms with Crippen molar-refractivity contribution >= 4 is 5.91 Å². The van der Waals surface area contributed by atoms with Crippen molar-refractivity contribution in [2.24, 2.45) is 0 Å². The van der Waals surface area contributed by atoms with Crippen LogP contribution < -0.4 is 4.74 Å². The molecule has 1 aliphatic heterocycles. The molecule has 0 N–H and O–H groups in total. The summed E-state index contributed by atoms with van der Waals surface area (Å²) in [5.41, 5.74) is 2.32. The average molecular weight is 353 g/mol. The number of rotatable bonds is 5. The number of nitrogens with zero attached hydrogens (tertiary/aromatic N) is 5. The Morgan fingerprint density at radius 1 is 1.27 bits per heavy atom. The van der Waals surface area contributed by atoms with Crippen LogP contribution in [-0.4, -0.2) is 43.5 Å². The highest BCUT2D eigenvalue weighted by atomic mass is 16.5. The van der Waals surface area contributed by atoms with Crippen LogP contribution in [0.25, 0.3) is 0 Å². The summed E-state index contributed by atoms with van der Waals surface area (Å²) in [4.78, 5) is 27.2. The fourth-order valence-electron chi connectivity index (χ4n) is 3.61. The predicted octanol–water partition coefficient (Wildman–Crippen LogP) is 2.53. The second-order valence-electron chi connectivity index (χ2n) is 6.85. The molecule has 0 bridgehead atoms. The molecule has 4 rings (SSSR count). The van der Waals surface area contributed by atoms with Gasteiger partial charge < -0.3 is 14.2 Å². The molecule has 2 aromatic rings. The zero-order valence-corrected chi connectivity index (χ0v) is 14.8. The Morgan fingerprint density at radius 3 is 2.96 bits per heavy atom. The van der Waals surface area contributed by atoms with Crippen molar-refractivity contribution in [2.75, 3.05) is 13.2 Å². The van der Waals surface area contributed by atoms with Crippen LogP contribution in [-0.2, 0) is 11.3 Å². The third-order valence-electron chi connectivity index (χ3n) is 4.99. The molecule has 7 nitrogen and oxygen atoms in total. The van der Waals surface area contributed by atoms with Gasteiger partial charge >= 0.3 is 6.01 Å². The van der Waals surface area contributed by atoms with Crippen molar-refractivity contribution in [1.82, 2.24) is 24.4 Å². The minimum atomic E-state index is 0.00865. The maximum absolute atomic E-state index is 12.8. The van der Waals surface area contributed by atoms with Gasteiger partial charge in [-0.25, -0.2) is 15.0 Å². The lowest BCUT2D eigenvalue weighted by Gasteiger charge is -2.34. The molecule has 1 atom stereocenters. The van der Waals surface area contributed by atoms with Crippen molar-refractivity contribution in [2.45, 2.75) is 44.7 Å². The Morgan fingerprint density at radius 2 is 2.15 bits per heavy atom. The standard InChI is InChI=1S/C19H23N5O2/c25-18(9-15-5-2-1-3-6-15)23-11-16-10-20-14-24(16)17(12-23)13-26-19-21-7-4-8-22-19/h4-5,7-8,10,14,17H,1-3,6,9,11-13H2/t17-/m0/s1. The number of allylic oxidation sites excluding steroid dienone is 1. The van der Waals surface area contributed by atoms with Crippen LogP contribution >= 0.6 is 0 Å². The fraction of sp³-hybridized carbons (Fsp3) is 0.474. The lowest BCUT2D eigenvalue weighted by molar-refractivity contribution is -0.132. The van der Waals surface area contributed by atoms with E-state index in [4.69, 9.17) is 4.74 Å². The Bertz CT molecular complexity index is 786. The summed E-state index contributed by atoms with van der Waals surface area (Å²) in [5, 5.41) is 0. The molecule has 0 unspecified atom stereocenters. The van der Waals surface area contributed by atoms with Gasteiger partial charge in [-0.15, -0.1) is 0 Å². The van der Waals surface area contributed by atoms with Crippen LogP contribution in [0.15, 0.2) is 42.6 Å². The Labute approximate surface area is 152 Å². The lowest BCUT2D eigenvalue weighted by atomic mass is 9.96. The van der Waals surface area contributed by atoms with Gasteiger partial charge in [-0.3, -0.25) is 4.79 Å². The second-order valence-corrected chi connectivity index (χ2v) is 6.85. The Kier molecular flexibility index (Phi) is 4.95. The summed E-state index contributed by atoms with van der Waals surface area (Å²) < 4.78 is 7.82. The molecule has 0 saturated heterocycles. The van der Waals surface area contributed by atoms with Crippen LogP contribution in [0.2, 0.25) is 0 Å². The van der Waals surface area contributed by atoms with E-state index >= 15 is 0 Å². The van der Waals surface area contributed by atoms with Gasteiger partial charge in [-0.05, 0) is 31.7 Å². The summed E-state index contributed by atoms with van der Waals surface area (Å²) in [6.07, 6.45) is 14.3. The van der Waals surface area contributed by atoms with E-state index in [2.05, 4.69) is 25.6 Å². The number of carbonyl (C=O) groups excluding carboxylic acids is 1. The normalized spacial score (nSPS) is 19.6. The summed E-state index contributed by atoms with van der Waals surface area (Å²) >= 11 is 0. The van der Waals surface area contributed by atoms with E-state index in [-0.39, 0.29) is 11.9 Å². The minimum Gasteiger partial charge on any atom is -0.461 e. The highest BCUT2D eigenvalue weighted by Gasteiger charge is 2.29. The molecule has 26 heavy (non-hydrogen) atoms. The molecule has 1 aliphatic carbocycles. The number of aromatic nitrogens is 4. The zero-order valence-electron chi connectivity index (χ0n) is 14.8. The number of hydrogen-bond acceptors (Lipinski definition) is 5. The Balaban J connectivity index is 1.43. The number of carbonyl (C=O) groups is 1. The number of fused-ring (bicyclic) bond motifs is 1. The molecule has 2 aliphatic rings. The third kappa shape index (κ3) is 3.76. The summed E-state index contributed by atoms with van der Waals surface area (Å²) in [6, 6.07) is 2.11. The summed E-state index contributed by atoms with van der Waals surface area (Å²) in [5.74, 6) is 0.187. The average Bonchev–Trinajstić information content (AvgIpc) is 3.16. The molecular formula is C19H23N5O2. The van der Waals surface area contributed by atoms with Crippen molar-refractivity contribution in [3.63, 3.8) is 0 Å². The SMILES string of the molecule is O=C(CC1=CCCCC1)N1Cc2cncn2[C@H](COc2ncccn2)C1. The minimum absolute atomic E-state index is 0.00865. The molecule has 0 spiro atoms. The van der Waals surface area contributed by atoms with E-state index in [0.717, 1.165) is 18.5 Å². The van der Waals surface area contributed by atoms with Gasteiger partial charge in [0, 0.05) is 31.6 Å². The molecular weight excluding hydrogens is 330 g/mol. The van der Waals surface area contributed by atoms with Crippen LogP contribution in [0.1, 0.15) is 43.8 Å². The quantitative estimate of drug-likeness (QED) is 0.772. The monoisotopic (exact) mass is 353 g/mol. The van der Waals surface area contributed by atoms with Gasteiger partial charge in [0.15, 0.2) is 0 Å². The van der Waals surface area contributed by atoms with Gasteiger partial charge in [0.25, 0.3) is 0 Å². The first kappa shape index (κ1) is 16.8. The molecule has 3 heterocycles. The molecule has 1 amide bonds. The molecule has 7 heteroatoms. The number of amides is 1. The topological polar surface area (TPSA) is 73.1 Å². The zero-order chi connectivity index (χ0) is 17.8. The molecule has 136 valence electrons. The van der Waals surface area contributed by atoms with E-state index in [0.29, 0.717) is 32.1 Å². The smallest absolute Gasteiger partial charge is 0.316 e. The highest BCUT2D eigenvalue weighted by molar-refractivity contribution is 5.79. The summed E-state index contributed by atoms with van der Waals surface area (Å²) in [6.45, 7) is 1.62. The first-order valence-corrected chi connectivity index (χ1v) is 9.16. The maximum Gasteiger partial charge on any atom is 0.316 e. The molecule has 2 aromatic heterocycles. The van der Waals surface area contributed by atoms with E-state index in [1.165, 1.54) is 18.4 Å². The van der Waals surface area contributed by atoms with Crippen LogP contribution in [0.4, 0.5) is 0 Å². The molecule has 0 saturated carbocycles. The van der Waals surface area contributed by atoms with Crippen LogP contribution in [0.3, 0.4) is 0 Å². The van der Waals surface area contributed by atoms with Gasteiger partial charge in [0.05, 0.1) is 24.6 Å². The van der Waals surface area contributed by atoms with Crippen LogP contribution in [0.5, 0.6) is 6.01 Å². The maximum atomic E-state index is 12.8. The fourth-order valence-corrected chi connectivity index (χ4v) is 3.61. The van der Waals surface area contributed by atoms with Gasteiger partial charge in [-0.1, -0.05) is 11.6 Å². The van der Waals surface area contributed by atoms with Crippen molar-refractivity contribution in [3.05, 3.63) is 48.3 Å². The van der Waals surface area contributed by atoms with E-state index < -0.39 is 0 Å². The highest BCUT2D eigenvalue weighted by Crippen LogP contribution is 2.25. The first-order chi connectivity index (χ1) is 12.8. The lowest BCUT2D eigenvalue weighted by Crippen LogP contribution is -2.42. The Hall–Kier alpha value is -2.70. The molecule has 0 fully saturated rings. The van der Waals surface area contributed by atoms with E-state index in [1.54, 1.807) is 24.8 Å². The van der Waals surface area contributed by atoms with Crippen molar-refractivity contribution < 1.29 is 9.53 Å². The van der Waals surface area contributed by atoms with Crippen molar-refractivity contribution in [1.29, 1.82) is 0 Å². The molecule has 0 radical (unpaired) electrons. The van der Waals surface area contributed by atoms with Gasteiger partial charge in [0.1, 0.15) is 6.61 Å². The van der Waals surface area contributed by atoms with E-state index in [1.807, 2.05) is 11.1 Å². The summed E-state index contributed by atoms with van der Waals surface area (Å²) in [7, 11) is 0. The third-order valence-corrected chi connectivity index (χ3v) is 4.99. The number of hydrogen-bond donors (Lipinski definition) is 0. The van der Waals surface area contributed by atoms with Crippen LogP contribution in [0, 0.1) is 0 Å². The second kappa shape index (κ2) is 7.68. The van der Waals surface area contributed by atoms with Gasteiger partial charge in [-0.2, -0.15) is 0 Å².